The van der Waals surface area contributed by atoms with Gasteiger partial charge < -0.3 is 10.9 Å². The smallest absolute Gasteiger partial charge is 0.175 e. The van der Waals surface area contributed by atoms with E-state index in [1.165, 1.54) is 24.3 Å². The predicted molar refractivity (Wildman–Crippen MR) is 59.3 cm³/mol. The molecule has 0 amide bonds. The maximum absolute atomic E-state index is 11.1. The maximum atomic E-state index is 11.1. The number of oxime groups is 1. The van der Waals surface area contributed by atoms with Crippen LogP contribution in [0.3, 0.4) is 0 Å². The van der Waals surface area contributed by atoms with Crippen molar-refractivity contribution in [2.75, 3.05) is 6.26 Å². The van der Waals surface area contributed by atoms with E-state index in [1.54, 1.807) is 0 Å². The average molecular weight is 251 g/mol. The fourth-order valence-electron chi connectivity index (χ4n) is 0.931. The van der Waals surface area contributed by atoms with Crippen molar-refractivity contribution >= 4 is 28.1 Å². The Morgan fingerprint density at radius 1 is 1.33 bits per heavy atom. The van der Waals surface area contributed by atoms with Crippen LogP contribution >= 0.6 is 12.4 Å². The minimum atomic E-state index is -3.20. The van der Waals surface area contributed by atoms with Gasteiger partial charge in [0.15, 0.2) is 15.7 Å². The normalized spacial score (nSPS) is 11.9. The number of sulfone groups is 1. The van der Waals surface area contributed by atoms with Crippen LogP contribution in [-0.2, 0) is 9.84 Å². The van der Waals surface area contributed by atoms with Gasteiger partial charge in [0.1, 0.15) is 0 Å². The Balaban J connectivity index is 0.00000196. The molecule has 0 unspecified atom stereocenters. The molecular weight excluding hydrogens is 240 g/mol. The Labute approximate surface area is 93.9 Å². The van der Waals surface area contributed by atoms with Gasteiger partial charge in [-0.1, -0.05) is 5.16 Å². The molecule has 0 atom stereocenters. The van der Waals surface area contributed by atoms with Crippen molar-refractivity contribution in [3.8, 4) is 0 Å². The van der Waals surface area contributed by atoms with Gasteiger partial charge in [0.25, 0.3) is 0 Å². The van der Waals surface area contributed by atoms with Crippen molar-refractivity contribution in [3.63, 3.8) is 0 Å². The number of nitrogens with zero attached hydrogens (tertiary/aromatic N) is 1. The second-order valence-corrected chi connectivity index (χ2v) is 4.80. The fourth-order valence-corrected chi connectivity index (χ4v) is 1.56. The highest BCUT2D eigenvalue weighted by Crippen LogP contribution is 2.09. The zero-order valence-electron chi connectivity index (χ0n) is 7.91. The molecular formula is C8H11ClN2O3S. The Morgan fingerprint density at radius 2 is 1.80 bits per heavy atom. The molecule has 0 bridgehead atoms. The van der Waals surface area contributed by atoms with E-state index in [1.807, 2.05) is 0 Å². The third-order valence-corrected chi connectivity index (χ3v) is 2.81. The highest BCUT2D eigenvalue weighted by molar-refractivity contribution is 7.90. The largest absolute Gasteiger partial charge is 0.409 e. The molecule has 0 saturated carbocycles. The minimum Gasteiger partial charge on any atom is -0.409 e. The maximum Gasteiger partial charge on any atom is 0.175 e. The van der Waals surface area contributed by atoms with Gasteiger partial charge in [0.2, 0.25) is 0 Å². The minimum absolute atomic E-state index is 0. The van der Waals surface area contributed by atoms with E-state index in [0.717, 1.165) is 6.26 Å². The Kier molecular flexibility index (Phi) is 4.57. The van der Waals surface area contributed by atoms with Crippen LogP contribution in [0.2, 0.25) is 0 Å². The van der Waals surface area contributed by atoms with Crippen molar-refractivity contribution in [1.29, 1.82) is 0 Å². The molecule has 0 spiro atoms. The van der Waals surface area contributed by atoms with Gasteiger partial charge in [-0.15, -0.1) is 12.4 Å². The van der Waals surface area contributed by atoms with Gasteiger partial charge >= 0.3 is 0 Å². The summed E-state index contributed by atoms with van der Waals surface area (Å²) < 4.78 is 22.1. The number of benzene rings is 1. The summed E-state index contributed by atoms with van der Waals surface area (Å²) in [6.45, 7) is 0. The van der Waals surface area contributed by atoms with Crippen molar-refractivity contribution < 1.29 is 13.6 Å². The summed E-state index contributed by atoms with van der Waals surface area (Å²) in [5.41, 5.74) is 5.78. The summed E-state index contributed by atoms with van der Waals surface area (Å²) in [5, 5.41) is 11.2. The van der Waals surface area contributed by atoms with E-state index in [0.29, 0.717) is 5.56 Å². The molecule has 0 aromatic heterocycles. The van der Waals surface area contributed by atoms with Crippen molar-refractivity contribution in [1.82, 2.24) is 0 Å². The van der Waals surface area contributed by atoms with E-state index >= 15 is 0 Å². The Hall–Kier alpha value is -1.27. The monoisotopic (exact) mass is 250 g/mol. The number of halogens is 1. The molecule has 84 valence electrons. The zero-order valence-corrected chi connectivity index (χ0v) is 9.55. The van der Waals surface area contributed by atoms with Gasteiger partial charge in [-0.3, -0.25) is 0 Å². The third kappa shape index (κ3) is 3.41. The van der Waals surface area contributed by atoms with Crippen LogP contribution in [0.15, 0.2) is 34.3 Å². The number of nitrogens with two attached hydrogens (primary N) is 1. The first-order chi connectivity index (χ1) is 6.45. The SMILES string of the molecule is CS(=O)(=O)c1ccc(C(N)=NO)cc1.Cl. The molecule has 0 saturated heterocycles. The lowest BCUT2D eigenvalue weighted by Crippen LogP contribution is -2.13. The van der Waals surface area contributed by atoms with Crippen LogP contribution in [0.4, 0.5) is 0 Å². The molecule has 0 aliphatic rings. The Bertz CT molecular complexity index is 453. The van der Waals surface area contributed by atoms with Crippen LogP contribution in [0.5, 0.6) is 0 Å². The summed E-state index contributed by atoms with van der Waals surface area (Å²) in [7, 11) is -3.20. The topological polar surface area (TPSA) is 92.8 Å². The number of rotatable bonds is 2. The molecule has 0 heterocycles. The van der Waals surface area contributed by atoms with E-state index in [4.69, 9.17) is 10.9 Å². The van der Waals surface area contributed by atoms with Crippen LogP contribution in [0, 0.1) is 0 Å². The molecule has 1 aromatic carbocycles. The molecule has 1 aromatic rings. The predicted octanol–water partition coefficient (Wildman–Crippen LogP) is 0.606. The second kappa shape index (κ2) is 4.99. The van der Waals surface area contributed by atoms with E-state index in [9.17, 15) is 8.42 Å². The third-order valence-electron chi connectivity index (χ3n) is 1.69. The summed E-state index contributed by atoms with van der Waals surface area (Å²) in [5.74, 6) is -0.0509. The molecule has 0 aliphatic carbocycles. The number of amidine groups is 1. The molecule has 0 radical (unpaired) electrons. The summed E-state index contributed by atoms with van der Waals surface area (Å²) in [6.07, 6.45) is 1.12. The number of hydrogen-bond acceptors (Lipinski definition) is 4. The highest BCUT2D eigenvalue weighted by atomic mass is 35.5. The molecule has 0 aliphatic heterocycles. The zero-order chi connectivity index (χ0) is 10.8. The lowest BCUT2D eigenvalue weighted by Gasteiger charge is -2.00. The first-order valence-corrected chi connectivity index (χ1v) is 5.62. The summed E-state index contributed by atoms with van der Waals surface area (Å²) in [4.78, 5) is 0.201. The Morgan fingerprint density at radius 3 is 2.13 bits per heavy atom. The van der Waals surface area contributed by atoms with Crippen LogP contribution in [0.1, 0.15) is 5.56 Å². The molecule has 3 N–H and O–H groups in total. The van der Waals surface area contributed by atoms with E-state index in [2.05, 4.69) is 5.16 Å². The summed E-state index contributed by atoms with van der Waals surface area (Å²) in [6, 6.07) is 5.77. The molecule has 1 rings (SSSR count). The quantitative estimate of drug-likeness (QED) is 0.348. The van der Waals surface area contributed by atoms with Crippen LogP contribution in [-0.4, -0.2) is 25.7 Å². The standard InChI is InChI=1S/C8H10N2O3S.ClH/c1-14(12,13)7-4-2-6(3-5-7)8(9)10-11;/h2-5,11H,1H3,(H2,9,10);1H. The lowest BCUT2D eigenvalue weighted by molar-refractivity contribution is 0.318. The molecule has 7 heteroatoms. The first kappa shape index (κ1) is 13.7. The molecule has 0 fully saturated rings. The second-order valence-electron chi connectivity index (χ2n) is 2.78. The van der Waals surface area contributed by atoms with Gasteiger partial charge in [-0.05, 0) is 24.3 Å². The van der Waals surface area contributed by atoms with Gasteiger partial charge in [0.05, 0.1) is 4.90 Å². The highest BCUT2D eigenvalue weighted by Gasteiger charge is 2.06. The van der Waals surface area contributed by atoms with Gasteiger partial charge in [-0.25, -0.2) is 8.42 Å². The van der Waals surface area contributed by atoms with Crippen molar-refractivity contribution in [2.24, 2.45) is 10.9 Å². The first-order valence-electron chi connectivity index (χ1n) is 3.73. The average Bonchev–Trinajstić information content (AvgIpc) is 2.15. The van der Waals surface area contributed by atoms with Crippen LogP contribution < -0.4 is 5.73 Å². The number of hydrogen-bond donors (Lipinski definition) is 2. The van der Waals surface area contributed by atoms with Crippen LogP contribution in [0.25, 0.3) is 0 Å². The summed E-state index contributed by atoms with van der Waals surface area (Å²) >= 11 is 0. The van der Waals surface area contributed by atoms with Crippen molar-refractivity contribution in [2.45, 2.75) is 4.90 Å². The van der Waals surface area contributed by atoms with Crippen molar-refractivity contribution in [3.05, 3.63) is 29.8 Å². The van der Waals surface area contributed by atoms with Gasteiger partial charge in [0, 0.05) is 11.8 Å². The fraction of sp³-hybridized carbons (Fsp3) is 0.125. The molecule has 5 nitrogen and oxygen atoms in total. The molecule has 15 heavy (non-hydrogen) atoms. The van der Waals surface area contributed by atoms with E-state index < -0.39 is 9.84 Å². The lowest BCUT2D eigenvalue weighted by atomic mass is 10.2. The van der Waals surface area contributed by atoms with E-state index in [-0.39, 0.29) is 23.1 Å². The van der Waals surface area contributed by atoms with Gasteiger partial charge in [-0.2, -0.15) is 0 Å².